The van der Waals surface area contributed by atoms with Crippen molar-refractivity contribution < 1.29 is 20.1 Å². The third-order valence-corrected chi connectivity index (χ3v) is 9.75. The Morgan fingerprint density at radius 2 is 1.41 bits per heavy atom. The summed E-state index contributed by atoms with van der Waals surface area (Å²) >= 11 is 0. The first kappa shape index (κ1) is 25.4. The molecule has 3 aromatic rings. The molecule has 0 fully saturated rings. The average molecular weight is 636 g/mol. The number of rotatable bonds is 0. The molecule has 1 aliphatic heterocycles. The molecule has 2 aromatic heterocycles. The van der Waals surface area contributed by atoms with Gasteiger partial charge in [0.05, 0.1) is 22.5 Å². The third kappa shape index (κ3) is 2.86. The van der Waals surface area contributed by atoms with Crippen molar-refractivity contribution in [2.45, 2.75) is 98.1 Å². The maximum Gasteiger partial charge on any atom is 0.0977 e. The number of hydrogen-bond donors (Lipinski definition) is 0. The number of fused-ring (bicyclic) bond motifs is 6. The van der Waals surface area contributed by atoms with Crippen molar-refractivity contribution >= 4 is 16.9 Å². The van der Waals surface area contributed by atoms with Gasteiger partial charge in [0.15, 0.2) is 0 Å². The van der Waals surface area contributed by atoms with Gasteiger partial charge in [0, 0.05) is 33.0 Å². The van der Waals surface area contributed by atoms with Crippen LogP contribution in [0.15, 0.2) is 18.2 Å². The molecule has 0 bridgehead atoms. The molecule has 1 aromatic carbocycles. The molecule has 0 N–H and O–H groups in total. The third-order valence-electron chi connectivity index (χ3n) is 9.75. The summed E-state index contributed by atoms with van der Waals surface area (Å²) in [6.07, 6.45) is 0. The van der Waals surface area contributed by atoms with E-state index < -0.39 is 0 Å². The van der Waals surface area contributed by atoms with E-state index in [-0.39, 0.29) is 47.4 Å². The molecule has 1 radical (unpaired) electrons. The second-order valence-corrected chi connectivity index (χ2v) is 13.3. The Morgan fingerprint density at radius 1 is 0.853 bits per heavy atom. The van der Waals surface area contributed by atoms with Crippen LogP contribution in [0.2, 0.25) is 0 Å². The maximum absolute atomic E-state index is 5.22. The van der Waals surface area contributed by atoms with Crippen LogP contribution in [0, 0.1) is 11.5 Å². The van der Waals surface area contributed by atoms with Crippen LogP contribution in [0.25, 0.3) is 22.4 Å². The molecule has 4 nitrogen and oxygen atoms in total. The van der Waals surface area contributed by atoms with Crippen LogP contribution < -0.4 is 4.90 Å². The SMILES string of the molecule is CN1c2nc(C(C)(C)C)c[c-]c2-c2nc3cc4c(cc3n2C1(C)C)C(C)(C)C(C)(C)C4(C)C.[Ir]. The Labute approximate surface area is 218 Å². The number of pyridine rings is 1. The molecule has 0 saturated carbocycles. The molecule has 0 unspecified atom stereocenters. The molecule has 0 amide bonds. The van der Waals surface area contributed by atoms with Crippen molar-refractivity contribution in [1.82, 2.24) is 14.5 Å². The van der Waals surface area contributed by atoms with Gasteiger partial charge in [-0.15, -0.1) is 12.1 Å². The summed E-state index contributed by atoms with van der Waals surface area (Å²) in [5.41, 5.74) is 7.08. The Balaban J connectivity index is 0.00000274. The van der Waals surface area contributed by atoms with E-state index in [1.54, 1.807) is 0 Å². The van der Waals surface area contributed by atoms with Crippen LogP contribution >= 0.6 is 0 Å². The van der Waals surface area contributed by atoms with Gasteiger partial charge in [0.1, 0.15) is 0 Å². The summed E-state index contributed by atoms with van der Waals surface area (Å²) in [7, 11) is 2.14. The van der Waals surface area contributed by atoms with E-state index in [2.05, 4.69) is 111 Å². The van der Waals surface area contributed by atoms with Crippen LogP contribution in [-0.2, 0) is 42.0 Å². The smallest absolute Gasteiger partial charge is 0.0977 e. The normalized spacial score (nSPS) is 21.0. The number of aromatic nitrogens is 3. The van der Waals surface area contributed by atoms with Crippen LogP contribution in [0.1, 0.15) is 93.0 Å². The summed E-state index contributed by atoms with van der Waals surface area (Å²) in [5.74, 6) is 1.93. The summed E-state index contributed by atoms with van der Waals surface area (Å²) in [5, 5.41) is 0. The summed E-state index contributed by atoms with van der Waals surface area (Å²) in [6.45, 7) is 25.5. The summed E-state index contributed by atoms with van der Waals surface area (Å²) in [6, 6.07) is 10.4. The van der Waals surface area contributed by atoms with E-state index in [9.17, 15) is 0 Å². The minimum atomic E-state index is -0.309. The summed E-state index contributed by atoms with van der Waals surface area (Å²) < 4.78 is 2.40. The predicted octanol–water partition coefficient (Wildman–Crippen LogP) is 6.93. The van der Waals surface area contributed by atoms with Crippen LogP contribution in [0.5, 0.6) is 0 Å². The van der Waals surface area contributed by atoms with Gasteiger partial charge in [-0.1, -0.05) is 67.9 Å². The molecule has 3 heterocycles. The average Bonchev–Trinajstić information content (AvgIpc) is 3.13. The first-order valence-electron chi connectivity index (χ1n) is 12.2. The van der Waals surface area contributed by atoms with Crippen LogP contribution in [0.4, 0.5) is 5.82 Å². The molecule has 34 heavy (non-hydrogen) atoms. The minimum absolute atomic E-state index is 0. The minimum Gasteiger partial charge on any atom is -0.377 e. The Hall–Kier alpha value is -1.71. The Bertz CT molecular complexity index is 1320. The van der Waals surface area contributed by atoms with E-state index in [4.69, 9.17) is 9.97 Å². The molecular formula is C29H39IrN4-. The fraction of sp³-hybridized carbons (Fsp3) is 0.586. The zero-order valence-electron chi connectivity index (χ0n) is 22.9. The standard InChI is InChI=1S/C29H39N4.Ir/c1-25(2,3)22-14-13-17-23(31-22)32(12)29(10,11)33-21-16-19-18(15-20(21)30-24(17)33)26(4,5)28(8,9)27(19,6)7;/h14-16H,1-12H3;/q-1;. The number of nitrogens with zero attached hydrogens (tertiary/aromatic N) is 4. The molecular weight excluding hydrogens is 597 g/mol. The van der Waals surface area contributed by atoms with Gasteiger partial charge in [0.25, 0.3) is 0 Å². The molecule has 2 aliphatic rings. The zero-order valence-corrected chi connectivity index (χ0v) is 25.2. The van der Waals surface area contributed by atoms with E-state index in [1.807, 2.05) is 6.07 Å². The molecule has 5 heteroatoms. The second kappa shape index (κ2) is 6.95. The molecule has 0 saturated heterocycles. The molecule has 0 atom stereocenters. The summed E-state index contributed by atoms with van der Waals surface area (Å²) in [4.78, 5) is 12.6. The maximum atomic E-state index is 5.22. The number of benzene rings is 1. The first-order valence-corrected chi connectivity index (χ1v) is 12.2. The van der Waals surface area contributed by atoms with Crippen molar-refractivity contribution in [1.29, 1.82) is 0 Å². The quantitative estimate of drug-likeness (QED) is 0.251. The van der Waals surface area contributed by atoms with E-state index in [1.165, 1.54) is 16.6 Å². The van der Waals surface area contributed by atoms with Gasteiger partial charge < -0.3 is 14.5 Å². The molecule has 1 aliphatic carbocycles. The predicted molar refractivity (Wildman–Crippen MR) is 138 cm³/mol. The number of anilines is 1. The molecule has 5 rings (SSSR count). The second-order valence-electron chi connectivity index (χ2n) is 13.3. The van der Waals surface area contributed by atoms with Crippen molar-refractivity contribution in [2.75, 3.05) is 11.9 Å². The Kier molecular flexibility index (Phi) is 5.19. The van der Waals surface area contributed by atoms with Crippen molar-refractivity contribution in [3.05, 3.63) is 41.1 Å². The van der Waals surface area contributed by atoms with Crippen LogP contribution in [-0.4, -0.2) is 21.6 Å². The van der Waals surface area contributed by atoms with Crippen LogP contribution in [0.3, 0.4) is 0 Å². The van der Waals surface area contributed by atoms with Gasteiger partial charge in [-0.05, 0) is 64.5 Å². The zero-order chi connectivity index (χ0) is 24.5. The largest absolute Gasteiger partial charge is 0.377 e. The Morgan fingerprint density at radius 3 is 1.97 bits per heavy atom. The van der Waals surface area contributed by atoms with Crippen molar-refractivity contribution in [2.24, 2.45) is 5.41 Å². The van der Waals surface area contributed by atoms with Gasteiger partial charge in [-0.2, -0.15) is 0 Å². The van der Waals surface area contributed by atoms with E-state index in [0.717, 1.165) is 28.4 Å². The monoisotopic (exact) mass is 636 g/mol. The number of imidazole rings is 1. The van der Waals surface area contributed by atoms with Gasteiger partial charge in [0.2, 0.25) is 0 Å². The van der Waals surface area contributed by atoms with Gasteiger partial charge in [-0.3, -0.25) is 4.98 Å². The topological polar surface area (TPSA) is 34.0 Å². The molecule has 0 spiro atoms. The van der Waals surface area contributed by atoms with E-state index in [0.29, 0.717) is 0 Å². The fourth-order valence-electron chi connectivity index (χ4n) is 5.94. The van der Waals surface area contributed by atoms with Gasteiger partial charge >= 0.3 is 0 Å². The first-order chi connectivity index (χ1) is 14.9. The van der Waals surface area contributed by atoms with Crippen molar-refractivity contribution in [3.8, 4) is 11.4 Å². The number of hydrogen-bond acceptors (Lipinski definition) is 3. The fourth-order valence-corrected chi connectivity index (χ4v) is 5.94. The van der Waals surface area contributed by atoms with E-state index >= 15 is 0 Å². The molecule has 185 valence electrons. The van der Waals surface area contributed by atoms with Gasteiger partial charge in [-0.25, -0.2) is 0 Å². The van der Waals surface area contributed by atoms with Crippen molar-refractivity contribution in [3.63, 3.8) is 0 Å².